The Kier molecular flexibility index (Phi) is 4.03. The van der Waals surface area contributed by atoms with E-state index in [0.29, 0.717) is 11.4 Å². The Morgan fingerprint density at radius 1 is 1.15 bits per heavy atom. The molecule has 0 aliphatic rings. The summed E-state index contributed by atoms with van der Waals surface area (Å²) in [5.74, 6) is 0. The highest BCUT2D eigenvalue weighted by molar-refractivity contribution is 9.10. The fourth-order valence-corrected chi connectivity index (χ4v) is 2.86. The molecule has 0 heterocycles. The smallest absolute Gasteiger partial charge is 0.240 e. The van der Waals surface area contributed by atoms with E-state index in [-0.39, 0.29) is 4.90 Å². The highest BCUT2D eigenvalue weighted by atomic mass is 79.9. The van der Waals surface area contributed by atoms with Gasteiger partial charge in [0.1, 0.15) is 4.90 Å². The van der Waals surface area contributed by atoms with Crippen LogP contribution in [-0.2, 0) is 10.0 Å². The molecule has 106 valence electrons. The fraction of sp³-hybridized carbons (Fsp3) is 0.0769. The molecule has 2 aromatic carbocycles. The summed E-state index contributed by atoms with van der Waals surface area (Å²) in [5, 5.41) is 8.29. The van der Waals surface area contributed by atoms with Gasteiger partial charge in [-0.25, -0.2) is 13.6 Å². The van der Waals surface area contributed by atoms with Gasteiger partial charge in [-0.15, -0.1) is 0 Å². The van der Waals surface area contributed by atoms with Crippen LogP contribution in [0.3, 0.4) is 0 Å². The Balaban J connectivity index is 2.52. The van der Waals surface area contributed by atoms with Crippen molar-refractivity contribution in [2.75, 3.05) is 11.1 Å². The summed E-state index contributed by atoms with van der Waals surface area (Å²) in [6, 6.07) is 10.2. The van der Waals surface area contributed by atoms with Crippen molar-refractivity contribution >= 4 is 43.0 Å². The molecule has 0 atom stereocenters. The number of anilines is 3. The lowest BCUT2D eigenvalue weighted by molar-refractivity contribution is 0.598. The summed E-state index contributed by atoms with van der Waals surface area (Å²) in [6.07, 6.45) is 0. The second-order valence-corrected chi connectivity index (χ2v) is 6.72. The zero-order valence-corrected chi connectivity index (χ0v) is 13.1. The van der Waals surface area contributed by atoms with Gasteiger partial charge in [-0.2, -0.15) is 0 Å². The van der Waals surface area contributed by atoms with Crippen LogP contribution in [0.4, 0.5) is 17.1 Å². The maximum Gasteiger partial charge on any atom is 0.240 e. The molecule has 0 fully saturated rings. The first-order valence-electron chi connectivity index (χ1n) is 5.73. The average molecular weight is 356 g/mol. The van der Waals surface area contributed by atoms with Crippen LogP contribution in [0.15, 0.2) is 45.8 Å². The van der Waals surface area contributed by atoms with Crippen LogP contribution >= 0.6 is 15.9 Å². The number of sulfonamides is 1. The second-order valence-electron chi connectivity index (χ2n) is 4.34. The van der Waals surface area contributed by atoms with Gasteiger partial charge >= 0.3 is 0 Å². The largest absolute Gasteiger partial charge is 0.399 e. The van der Waals surface area contributed by atoms with Gasteiger partial charge in [0.2, 0.25) is 10.0 Å². The van der Waals surface area contributed by atoms with Crippen LogP contribution in [0.1, 0.15) is 5.56 Å². The average Bonchev–Trinajstić information content (AvgIpc) is 2.36. The topological polar surface area (TPSA) is 98.2 Å². The van der Waals surface area contributed by atoms with Crippen LogP contribution < -0.4 is 16.2 Å². The first-order valence-corrected chi connectivity index (χ1v) is 8.07. The Hall–Kier alpha value is -1.57. The van der Waals surface area contributed by atoms with Gasteiger partial charge in [0.05, 0.1) is 5.69 Å². The van der Waals surface area contributed by atoms with E-state index in [9.17, 15) is 8.42 Å². The number of benzene rings is 2. The summed E-state index contributed by atoms with van der Waals surface area (Å²) in [4.78, 5) is -0.0307. The third-order valence-electron chi connectivity index (χ3n) is 2.85. The SMILES string of the molecule is Cc1c(Br)cccc1Nc1ccc(N)cc1S(N)(=O)=O. The molecule has 2 rings (SSSR count). The molecule has 7 heteroatoms. The van der Waals surface area contributed by atoms with Crippen molar-refractivity contribution < 1.29 is 8.42 Å². The number of hydrogen-bond donors (Lipinski definition) is 3. The standard InChI is InChI=1S/C13H14BrN3O2S/c1-8-10(14)3-2-4-11(8)17-12-6-5-9(15)7-13(12)20(16,18)19/h2-7,17H,15H2,1H3,(H2,16,18,19). The van der Waals surface area contributed by atoms with E-state index in [1.807, 2.05) is 25.1 Å². The number of nitrogens with one attached hydrogen (secondary N) is 1. The number of hydrogen-bond acceptors (Lipinski definition) is 4. The molecular weight excluding hydrogens is 342 g/mol. The van der Waals surface area contributed by atoms with E-state index in [1.54, 1.807) is 12.1 Å². The maximum atomic E-state index is 11.6. The van der Waals surface area contributed by atoms with E-state index >= 15 is 0 Å². The third kappa shape index (κ3) is 3.12. The Bertz CT molecular complexity index is 760. The molecule has 5 N–H and O–H groups in total. The Labute approximate surface area is 126 Å². The van der Waals surface area contributed by atoms with Crippen molar-refractivity contribution in [2.24, 2.45) is 5.14 Å². The lowest BCUT2D eigenvalue weighted by Crippen LogP contribution is -2.14. The highest BCUT2D eigenvalue weighted by Crippen LogP contribution is 2.30. The van der Waals surface area contributed by atoms with Crippen molar-refractivity contribution in [1.29, 1.82) is 0 Å². The minimum atomic E-state index is -3.85. The van der Waals surface area contributed by atoms with E-state index in [4.69, 9.17) is 10.9 Å². The monoisotopic (exact) mass is 355 g/mol. The number of nitrogen functional groups attached to an aromatic ring is 1. The van der Waals surface area contributed by atoms with Gasteiger partial charge in [-0.3, -0.25) is 0 Å². The summed E-state index contributed by atoms with van der Waals surface area (Å²) < 4.78 is 24.2. The second kappa shape index (κ2) is 5.43. The molecule has 2 aromatic rings. The van der Waals surface area contributed by atoms with Crippen molar-refractivity contribution in [1.82, 2.24) is 0 Å². The van der Waals surface area contributed by atoms with Gasteiger partial charge in [0.25, 0.3) is 0 Å². The Morgan fingerprint density at radius 2 is 1.85 bits per heavy atom. The molecule has 0 aliphatic carbocycles. The first kappa shape index (κ1) is 14.8. The fourth-order valence-electron chi connectivity index (χ4n) is 1.77. The van der Waals surface area contributed by atoms with Gasteiger partial charge in [0, 0.05) is 15.8 Å². The number of halogens is 1. The molecule has 0 saturated heterocycles. The van der Waals surface area contributed by atoms with Gasteiger partial charge in [-0.1, -0.05) is 22.0 Å². The van der Waals surface area contributed by atoms with E-state index in [2.05, 4.69) is 21.2 Å². The maximum absolute atomic E-state index is 11.6. The Morgan fingerprint density at radius 3 is 2.50 bits per heavy atom. The quantitative estimate of drug-likeness (QED) is 0.737. The van der Waals surface area contributed by atoms with E-state index in [0.717, 1.165) is 15.7 Å². The van der Waals surface area contributed by atoms with Crippen molar-refractivity contribution in [2.45, 2.75) is 11.8 Å². The molecule has 0 aromatic heterocycles. The van der Waals surface area contributed by atoms with Crippen LogP contribution in [0.5, 0.6) is 0 Å². The molecule has 0 spiro atoms. The normalized spacial score (nSPS) is 11.3. The molecule has 0 aliphatic heterocycles. The molecule has 0 amide bonds. The minimum absolute atomic E-state index is 0.0307. The van der Waals surface area contributed by atoms with Crippen molar-refractivity contribution in [3.63, 3.8) is 0 Å². The van der Waals surface area contributed by atoms with Crippen LogP contribution in [0.2, 0.25) is 0 Å². The number of rotatable bonds is 3. The molecule has 20 heavy (non-hydrogen) atoms. The predicted octanol–water partition coefficient (Wildman–Crippen LogP) is 2.73. The molecular formula is C13H14BrN3O2S. The molecule has 0 radical (unpaired) electrons. The van der Waals surface area contributed by atoms with Gasteiger partial charge in [0.15, 0.2) is 0 Å². The van der Waals surface area contributed by atoms with E-state index in [1.165, 1.54) is 6.07 Å². The van der Waals surface area contributed by atoms with Crippen molar-refractivity contribution in [3.05, 3.63) is 46.4 Å². The third-order valence-corrected chi connectivity index (χ3v) is 4.66. The number of nitrogens with two attached hydrogens (primary N) is 2. The molecule has 0 unspecified atom stereocenters. The van der Waals surface area contributed by atoms with Gasteiger partial charge < -0.3 is 11.1 Å². The van der Waals surface area contributed by atoms with Crippen LogP contribution in [-0.4, -0.2) is 8.42 Å². The van der Waals surface area contributed by atoms with E-state index < -0.39 is 10.0 Å². The summed E-state index contributed by atoms with van der Waals surface area (Å²) >= 11 is 3.43. The predicted molar refractivity (Wildman–Crippen MR) is 84.4 cm³/mol. The number of primary sulfonamides is 1. The van der Waals surface area contributed by atoms with Crippen LogP contribution in [0, 0.1) is 6.92 Å². The lowest BCUT2D eigenvalue weighted by atomic mass is 10.2. The lowest BCUT2D eigenvalue weighted by Gasteiger charge is -2.14. The van der Waals surface area contributed by atoms with Gasteiger partial charge in [-0.05, 0) is 42.8 Å². The summed E-state index contributed by atoms with van der Waals surface area (Å²) in [6.45, 7) is 1.92. The first-order chi connectivity index (χ1) is 9.29. The molecule has 0 bridgehead atoms. The molecule has 5 nitrogen and oxygen atoms in total. The summed E-state index contributed by atoms with van der Waals surface area (Å²) in [7, 11) is -3.85. The van der Waals surface area contributed by atoms with Crippen LogP contribution in [0.25, 0.3) is 0 Å². The highest BCUT2D eigenvalue weighted by Gasteiger charge is 2.15. The zero-order valence-electron chi connectivity index (χ0n) is 10.7. The molecule has 0 saturated carbocycles. The van der Waals surface area contributed by atoms with Crippen molar-refractivity contribution in [3.8, 4) is 0 Å². The summed E-state index contributed by atoms with van der Waals surface area (Å²) in [5.41, 5.74) is 8.10. The zero-order chi connectivity index (χ0) is 14.9. The minimum Gasteiger partial charge on any atom is -0.399 e.